The number of nitrogens with one attached hydrogen (secondary N) is 1. The van der Waals surface area contributed by atoms with Crippen molar-refractivity contribution in [2.75, 3.05) is 5.75 Å². The van der Waals surface area contributed by atoms with E-state index < -0.39 is 5.43 Å². The number of Topliss-reactive ketones (excluding diaryl/α,β-unsaturated/α-hetero) is 1. The van der Waals surface area contributed by atoms with Gasteiger partial charge in [0.1, 0.15) is 0 Å². The highest BCUT2D eigenvalue weighted by Crippen LogP contribution is 2.31. The number of thioether (sulfide) groups is 1. The van der Waals surface area contributed by atoms with Gasteiger partial charge in [0.25, 0.3) is 0 Å². The summed E-state index contributed by atoms with van der Waals surface area (Å²) in [5.74, 6) is 0.133. The molecule has 1 aromatic heterocycles. The van der Waals surface area contributed by atoms with Gasteiger partial charge in [0.2, 0.25) is 5.43 Å². The first-order valence-electron chi connectivity index (χ1n) is 7.91. The van der Waals surface area contributed by atoms with Gasteiger partial charge < -0.3 is 4.98 Å². The quantitative estimate of drug-likeness (QED) is 0.253. The van der Waals surface area contributed by atoms with E-state index in [2.05, 4.69) is 33.6 Å². The Hall–Kier alpha value is -2.07. The van der Waals surface area contributed by atoms with Crippen LogP contribution in [0.2, 0.25) is 5.02 Å². The van der Waals surface area contributed by atoms with Crippen molar-refractivity contribution in [1.82, 2.24) is 4.98 Å². The van der Waals surface area contributed by atoms with Gasteiger partial charge in [-0.1, -0.05) is 30.3 Å². The summed E-state index contributed by atoms with van der Waals surface area (Å²) in [5, 5.41) is 10.1. The molecule has 0 aliphatic heterocycles. The van der Waals surface area contributed by atoms with Gasteiger partial charge in [0.15, 0.2) is 5.78 Å². The van der Waals surface area contributed by atoms with Gasteiger partial charge in [-0.05, 0) is 53.6 Å². The number of H-pyrrole nitrogens is 1. The van der Waals surface area contributed by atoms with Crippen molar-refractivity contribution in [1.29, 1.82) is 5.26 Å². The Kier molecular flexibility index (Phi) is 7.25. The molecule has 1 aromatic carbocycles. The van der Waals surface area contributed by atoms with Crippen LogP contribution in [0.4, 0.5) is 0 Å². The Morgan fingerprint density at radius 3 is 2.74 bits per heavy atom. The highest BCUT2D eigenvalue weighted by atomic mass is 79.9. The van der Waals surface area contributed by atoms with Gasteiger partial charge in [-0.3, -0.25) is 9.59 Å². The van der Waals surface area contributed by atoms with Crippen LogP contribution in [0, 0.1) is 11.3 Å². The lowest BCUT2D eigenvalue weighted by Gasteiger charge is -2.11. The SMILES string of the molecule is C=C/C(C#N)=C\C(=C/C)CSc1[nH]c2c(Br)ccc(Cl)c2c(=O)c1C(C)=O. The molecule has 0 aliphatic rings. The second-order valence-corrected chi connectivity index (χ2v) is 7.81. The zero-order valence-electron chi connectivity index (χ0n) is 14.7. The standard InChI is InChI=1S/C20H16BrClN2O2S/c1-4-12(9-23)8-13(5-2)10-27-20-16(11(3)25)19(26)17-15(22)7-6-14(21)18(17)24-20/h4-8H,1,10H2,2-3H3,(H,24,26)/b12-8+,13-5+. The Labute approximate surface area is 174 Å². The zero-order valence-corrected chi connectivity index (χ0v) is 17.9. The normalized spacial score (nSPS) is 12.1. The number of aromatic amines is 1. The van der Waals surface area contributed by atoms with E-state index in [9.17, 15) is 9.59 Å². The van der Waals surface area contributed by atoms with Crippen molar-refractivity contribution in [2.45, 2.75) is 18.9 Å². The summed E-state index contributed by atoms with van der Waals surface area (Å²) in [5.41, 5.74) is 1.54. The molecule has 2 rings (SSSR count). The zero-order chi connectivity index (χ0) is 20.1. The number of carbonyl (C=O) groups is 1. The number of fused-ring (bicyclic) bond motifs is 1. The van der Waals surface area contributed by atoms with E-state index in [-0.39, 0.29) is 21.8 Å². The number of benzene rings is 1. The molecule has 1 N–H and O–H groups in total. The predicted octanol–water partition coefficient (Wildman–Crippen LogP) is 5.82. The third-order valence-corrected chi connectivity index (χ3v) is 5.87. The van der Waals surface area contributed by atoms with Gasteiger partial charge in [0, 0.05) is 10.2 Å². The molecule has 0 fully saturated rings. The molecule has 4 nitrogen and oxygen atoms in total. The number of aromatic nitrogens is 1. The van der Waals surface area contributed by atoms with Crippen LogP contribution in [-0.4, -0.2) is 16.5 Å². The second kappa shape index (κ2) is 9.23. The fraction of sp³-hybridized carbons (Fsp3) is 0.150. The lowest BCUT2D eigenvalue weighted by Crippen LogP contribution is -2.17. The van der Waals surface area contributed by atoms with Crippen LogP contribution in [0.15, 0.2) is 62.4 Å². The number of nitriles is 1. The van der Waals surface area contributed by atoms with E-state index in [1.54, 1.807) is 18.2 Å². The van der Waals surface area contributed by atoms with Gasteiger partial charge >= 0.3 is 0 Å². The number of nitrogens with zero attached hydrogens (tertiary/aromatic N) is 1. The summed E-state index contributed by atoms with van der Waals surface area (Å²) in [6.45, 7) is 6.82. The number of halogens is 2. The van der Waals surface area contributed by atoms with Crippen molar-refractivity contribution in [2.24, 2.45) is 0 Å². The molecule has 0 amide bonds. The van der Waals surface area contributed by atoms with Crippen LogP contribution in [0.5, 0.6) is 0 Å². The van der Waals surface area contributed by atoms with Crippen molar-refractivity contribution in [3.8, 4) is 6.07 Å². The van der Waals surface area contributed by atoms with Gasteiger partial charge in [-0.15, -0.1) is 11.8 Å². The Morgan fingerprint density at radius 1 is 1.48 bits per heavy atom. The van der Waals surface area contributed by atoms with Crippen molar-refractivity contribution >= 4 is 56.0 Å². The van der Waals surface area contributed by atoms with E-state index in [0.29, 0.717) is 26.3 Å². The van der Waals surface area contributed by atoms with Crippen LogP contribution >= 0.6 is 39.3 Å². The van der Waals surface area contributed by atoms with E-state index in [1.807, 2.05) is 13.0 Å². The molecular formula is C20H16BrClN2O2S. The predicted molar refractivity (Wildman–Crippen MR) is 116 cm³/mol. The maximum absolute atomic E-state index is 12.9. The maximum atomic E-state index is 12.9. The second-order valence-electron chi connectivity index (χ2n) is 5.56. The van der Waals surface area contributed by atoms with E-state index in [1.165, 1.54) is 24.8 Å². The third kappa shape index (κ3) is 4.62. The summed E-state index contributed by atoms with van der Waals surface area (Å²) in [4.78, 5) is 28.2. The molecule has 0 saturated heterocycles. The molecule has 0 atom stereocenters. The fourth-order valence-electron chi connectivity index (χ4n) is 2.43. The Balaban J connectivity index is 2.57. The molecule has 2 aromatic rings. The molecule has 0 radical (unpaired) electrons. The van der Waals surface area contributed by atoms with E-state index in [0.717, 1.165) is 5.57 Å². The number of allylic oxidation sites excluding steroid dienone is 4. The molecule has 0 saturated carbocycles. The topological polar surface area (TPSA) is 73.7 Å². The van der Waals surface area contributed by atoms with Crippen molar-refractivity contribution in [3.63, 3.8) is 0 Å². The molecule has 0 unspecified atom stereocenters. The molecule has 0 spiro atoms. The molecule has 0 aliphatic carbocycles. The van der Waals surface area contributed by atoms with Gasteiger partial charge in [0.05, 0.1) is 38.2 Å². The Bertz CT molecular complexity index is 1090. The highest BCUT2D eigenvalue weighted by Gasteiger charge is 2.19. The number of rotatable bonds is 6. The first-order chi connectivity index (χ1) is 12.8. The van der Waals surface area contributed by atoms with Crippen LogP contribution in [-0.2, 0) is 0 Å². The largest absolute Gasteiger partial charge is 0.348 e. The lowest BCUT2D eigenvalue weighted by molar-refractivity contribution is 0.101. The summed E-state index contributed by atoms with van der Waals surface area (Å²) in [6, 6.07) is 5.41. The molecule has 1 heterocycles. The maximum Gasteiger partial charge on any atom is 0.202 e. The van der Waals surface area contributed by atoms with Crippen molar-refractivity contribution < 1.29 is 4.79 Å². The fourth-order valence-corrected chi connectivity index (χ4v) is 4.22. The first-order valence-corrected chi connectivity index (χ1v) is 10.1. The number of pyridine rings is 1. The molecule has 138 valence electrons. The number of hydrogen-bond donors (Lipinski definition) is 1. The molecular weight excluding hydrogens is 448 g/mol. The molecule has 0 bridgehead atoms. The lowest BCUT2D eigenvalue weighted by atomic mass is 10.1. The minimum Gasteiger partial charge on any atom is -0.348 e. The number of ketones is 1. The summed E-state index contributed by atoms with van der Waals surface area (Å²) < 4.78 is 0.681. The smallest absolute Gasteiger partial charge is 0.202 e. The average Bonchev–Trinajstić information content (AvgIpc) is 2.64. The van der Waals surface area contributed by atoms with E-state index >= 15 is 0 Å². The molecule has 7 heteroatoms. The van der Waals surface area contributed by atoms with Crippen LogP contribution in [0.3, 0.4) is 0 Å². The van der Waals surface area contributed by atoms with Crippen LogP contribution in [0.25, 0.3) is 10.9 Å². The minimum absolute atomic E-state index is 0.0798. The Morgan fingerprint density at radius 2 is 2.19 bits per heavy atom. The number of carbonyl (C=O) groups excluding carboxylic acids is 1. The number of hydrogen-bond acceptors (Lipinski definition) is 4. The average molecular weight is 464 g/mol. The third-order valence-electron chi connectivity index (χ3n) is 3.82. The summed E-state index contributed by atoms with van der Waals surface area (Å²) in [6.07, 6.45) is 5.07. The van der Waals surface area contributed by atoms with Gasteiger partial charge in [-0.2, -0.15) is 5.26 Å². The first kappa shape index (κ1) is 21.2. The monoisotopic (exact) mass is 462 g/mol. The van der Waals surface area contributed by atoms with Crippen LogP contribution < -0.4 is 5.43 Å². The minimum atomic E-state index is -0.397. The van der Waals surface area contributed by atoms with Crippen molar-refractivity contribution in [3.05, 3.63) is 73.4 Å². The highest BCUT2D eigenvalue weighted by molar-refractivity contribution is 9.10. The summed E-state index contributed by atoms with van der Waals surface area (Å²) >= 11 is 10.9. The van der Waals surface area contributed by atoms with Crippen LogP contribution in [0.1, 0.15) is 24.2 Å². The van der Waals surface area contributed by atoms with Gasteiger partial charge in [-0.25, -0.2) is 0 Å². The summed E-state index contributed by atoms with van der Waals surface area (Å²) in [7, 11) is 0. The molecule has 27 heavy (non-hydrogen) atoms. The van der Waals surface area contributed by atoms with E-state index in [4.69, 9.17) is 16.9 Å².